The van der Waals surface area contributed by atoms with E-state index in [9.17, 15) is 22.4 Å². The average molecular weight is 526 g/mol. The third-order valence-electron chi connectivity index (χ3n) is 6.19. The van der Waals surface area contributed by atoms with Crippen molar-refractivity contribution in [3.05, 3.63) is 74.6 Å². The van der Waals surface area contributed by atoms with Crippen LogP contribution in [0.4, 0.5) is 4.39 Å². The van der Waals surface area contributed by atoms with Gasteiger partial charge in [0, 0.05) is 11.6 Å². The first kappa shape index (κ1) is 24.9. The van der Waals surface area contributed by atoms with Crippen LogP contribution < -0.4 is 20.2 Å². The van der Waals surface area contributed by atoms with Gasteiger partial charge in [-0.1, -0.05) is 13.3 Å². The number of nitrogens with two attached hydrogens (primary N) is 1. The number of sulfonamides is 1. The zero-order valence-corrected chi connectivity index (χ0v) is 21.2. The van der Waals surface area contributed by atoms with Crippen LogP contribution in [0.25, 0.3) is 23.1 Å². The van der Waals surface area contributed by atoms with Crippen LogP contribution in [0.1, 0.15) is 60.7 Å². The molecule has 8 nitrogen and oxygen atoms in total. The summed E-state index contributed by atoms with van der Waals surface area (Å²) < 4.78 is 56.0. The third-order valence-corrected chi connectivity index (χ3v) is 7.18. The maximum atomic E-state index is 14.0. The van der Waals surface area contributed by atoms with Crippen molar-refractivity contribution in [2.24, 2.45) is 5.14 Å². The van der Waals surface area contributed by atoms with Gasteiger partial charge in [0.25, 0.3) is 0 Å². The van der Waals surface area contributed by atoms with E-state index in [4.69, 9.17) is 19.0 Å². The summed E-state index contributed by atoms with van der Waals surface area (Å²) in [7, 11) is -4.18. The average Bonchev–Trinajstić information content (AvgIpc) is 2.77. The SMILES string of the molecule is CCCc1cc(=O)oc2c3c(c4c(c12)OC(C)(C)C=C4)OC(=Cc1cc(F)ccc1S(N)(=O)=O)CC3=O. The number of carbonyl (C=O) groups excluding carboxylic acids is 1. The summed E-state index contributed by atoms with van der Waals surface area (Å²) in [5, 5.41) is 5.83. The van der Waals surface area contributed by atoms with Crippen LogP contribution in [0.2, 0.25) is 0 Å². The Morgan fingerprint density at radius 1 is 1.16 bits per heavy atom. The van der Waals surface area contributed by atoms with Gasteiger partial charge >= 0.3 is 5.63 Å². The van der Waals surface area contributed by atoms with Crippen LogP contribution in [0, 0.1) is 5.82 Å². The Bertz CT molecular complexity index is 1710. The predicted molar refractivity (Wildman–Crippen MR) is 136 cm³/mol. The molecule has 0 fully saturated rings. The number of primary sulfonamides is 1. The quantitative estimate of drug-likeness (QED) is 0.488. The number of aryl methyl sites for hydroxylation is 1. The molecule has 2 aromatic carbocycles. The van der Waals surface area contributed by atoms with Crippen LogP contribution >= 0.6 is 0 Å². The Labute approximate surface area is 212 Å². The topological polar surface area (TPSA) is 126 Å². The maximum absolute atomic E-state index is 14.0. The fourth-order valence-electron chi connectivity index (χ4n) is 4.67. The zero-order valence-electron chi connectivity index (χ0n) is 20.4. The zero-order chi connectivity index (χ0) is 26.7. The van der Waals surface area contributed by atoms with E-state index in [1.54, 1.807) is 6.08 Å². The Hall–Kier alpha value is -3.76. The van der Waals surface area contributed by atoms with Crippen molar-refractivity contribution < 1.29 is 31.5 Å². The minimum Gasteiger partial charge on any atom is -0.482 e. The summed E-state index contributed by atoms with van der Waals surface area (Å²) >= 11 is 0. The van der Waals surface area contributed by atoms with Gasteiger partial charge < -0.3 is 13.9 Å². The summed E-state index contributed by atoms with van der Waals surface area (Å²) in [6, 6.07) is 4.43. The lowest BCUT2D eigenvalue weighted by Gasteiger charge is -2.32. The van der Waals surface area contributed by atoms with Gasteiger partial charge in [-0.2, -0.15) is 0 Å². The van der Waals surface area contributed by atoms with E-state index in [1.807, 2.05) is 26.8 Å². The lowest BCUT2D eigenvalue weighted by Crippen LogP contribution is -2.29. The summed E-state index contributed by atoms with van der Waals surface area (Å²) in [4.78, 5) is 25.6. The van der Waals surface area contributed by atoms with Crippen LogP contribution in [0.15, 0.2) is 50.2 Å². The first-order valence-electron chi connectivity index (χ1n) is 11.7. The van der Waals surface area contributed by atoms with Gasteiger partial charge in [-0.25, -0.2) is 22.7 Å². The highest BCUT2D eigenvalue weighted by Gasteiger charge is 2.36. The molecule has 1 aromatic heterocycles. The summed E-state index contributed by atoms with van der Waals surface area (Å²) in [6.45, 7) is 5.71. The Morgan fingerprint density at radius 2 is 1.92 bits per heavy atom. The van der Waals surface area contributed by atoms with Crippen LogP contribution in [0.5, 0.6) is 11.5 Å². The molecule has 2 N–H and O–H groups in total. The number of halogens is 1. The monoisotopic (exact) mass is 525 g/mol. The number of Topliss-reactive ketones (excluding diaryl/α,β-unsaturated/α-hetero) is 1. The highest BCUT2D eigenvalue weighted by atomic mass is 32.2. The number of hydrogen-bond acceptors (Lipinski definition) is 7. The second-order valence-corrected chi connectivity index (χ2v) is 11.1. The molecule has 5 rings (SSSR count). The molecular weight excluding hydrogens is 501 g/mol. The van der Waals surface area contributed by atoms with Crippen molar-refractivity contribution in [1.82, 2.24) is 0 Å². The van der Waals surface area contributed by atoms with Crippen molar-refractivity contribution in [1.29, 1.82) is 0 Å². The number of ether oxygens (including phenoxy) is 2. The lowest BCUT2D eigenvalue weighted by molar-refractivity contribution is 0.0965. The molecule has 0 aliphatic carbocycles. The Kier molecular flexibility index (Phi) is 5.84. The molecule has 2 aliphatic rings. The highest BCUT2D eigenvalue weighted by molar-refractivity contribution is 7.89. The predicted octanol–water partition coefficient (Wildman–Crippen LogP) is 4.72. The molecule has 0 saturated carbocycles. The van der Waals surface area contributed by atoms with Gasteiger partial charge in [-0.3, -0.25) is 4.79 Å². The molecule has 0 atom stereocenters. The second kappa shape index (κ2) is 8.67. The standard InChI is InChI=1S/C27H24FNO7S/c1-4-5-14-12-21(31)35-26-22(14)25-18(8-9-27(2,3)36-25)24-23(26)19(30)13-17(34-24)11-15-10-16(28)6-7-20(15)37(29,32)33/h6-12H,4-5,13H2,1-3H3,(H2,29,32,33). The van der Waals surface area contributed by atoms with E-state index in [2.05, 4.69) is 0 Å². The van der Waals surface area contributed by atoms with E-state index < -0.39 is 32.9 Å². The van der Waals surface area contributed by atoms with Gasteiger partial charge in [-0.15, -0.1) is 0 Å². The maximum Gasteiger partial charge on any atom is 0.336 e. The van der Waals surface area contributed by atoms with Crippen molar-refractivity contribution in [3.63, 3.8) is 0 Å². The number of ketones is 1. The molecule has 3 aromatic rings. The van der Waals surface area contributed by atoms with Gasteiger partial charge in [0.15, 0.2) is 17.1 Å². The minimum absolute atomic E-state index is 0.0619. The molecule has 0 radical (unpaired) electrons. The molecule has 0 spiro atoms. The first-order chi connectivity index (χ1) is 17.4. The van der Waals surface area contributed by atoms with Gasteiger partial charge in [0.05, 0.1) is 22.3 Å². The third kappa shape index (κ3) is 4.47. The van der Waals surface area contributed by atoms with Crippen LogP contribution in [0.3, 0.4) is 0 Å². The molecule has 2 aliphatic heterocycles. The number of hydrogen-bond donors (Lipinski definition) is 1. The van der Waals surface area contributed by atoms with Crippen molar-refractivity contribution >= 4 is 38.9 Å². The molecule has 10 heteroatoms. The summed E-state index contributed by atoms with van der Waals surface area (Å²) in [5.74, 6) is -0.502. The summed E-state index contributed by atoms with van der Waals surface area (Å²) in [5.41, 5.74) is 0.0134. The van der Waals surface area contributed by atoms with Crippen molar-refractivity contribution in [2.45, 2.75) is 50.5 Å². The number of rotatable bonds is 4. The molecule has 3 heterocycles. The Morgan fingerprint density at radius 3 is 2.62 bits per heavy atom. The molecule has 0 amide bonds. The number of benzene rings is 2. The second-order valence-electron chi connectivity index (χ2n) is 9.57. The van der Waals surface area contributed by atoms with Crippen LogP contribution in [-0.2, 0) is 16.4 Å². The molecular formula is C27H24FNO7S. The minimum atomic E-state index is -4.18. The van der Waals surface area contributed by atoms with E-state index >= 15 is 0 Å². The molecule has 0 unspecified atom stereocenters. The fraction of sp³-hybridized carbons (Fsp3) is 0.259. The lowest BCUT2D eigenvalue weighted by atomic mass is 9.90. The first-order valence-corrected chi connectivity index (χ1v) is 13.2. The van der Waals surface area contributed by atoms with Crippen molar-refractivity contribution in [3.8, 4) is 11.5 Å². The molecule has 192 valence electrons. The largest absolute Gasteiger partial charge is 0.482 e. The summed E-state index contributed by atoms with van der Waals surface area (Å²) in [6.07, 6.45) is 5.90. The fourth-order valence-corrected chi connectivity index (χ4v) is 5.37. The van der Waals surface area contributed by atoms with Crippen molar-refractivity contribution in [2.75, 3.05) is 0 Å². The molecule has 0 saturated heterocycles. The van der Waals surface area contributed by atoms with Gasteiger partial charge in [0.1, 0.15) is 28.5 Å². The van der Waals surface area contributed by atoms with E-state index in [0.717, 1.165) is 24.6 Å². The van der Waals surface area contributed by atoms with Crippen LogP contribution in [-0.4, -0.2) is 19.8 Å². The normalized spacial score (nSPS) is 17.3. The smallest absolute Gasteiger partial charge is 0.336 e. The Balaban J connectivity index is 1.78. The van der Waals surface area contributed by atoms with Gasteiger partial charge in [-0.05, 0) is 62.3 Å². The number of fused-ring (bicyclic) bond motifs is 6. The highest BCUT2D eigenvalue weighted by Crippen LogP contribution is 2.49. The number of carbonyl (C=O) groups is 1. The number of allylic oxidation sites excluding steroid dienone is 1. The van der Waals surface area contributed by atoms with E-state index in [0.29, 0.717) is 28.7 Å². The molecule has 0 bridgehead atoms. The molecule has 37 heavy (non-hydrogen) atoms. The van der Waals surface area contributed by atoms with Gasteiger partial charge in [0.2, 0.25) is 10.0 Å². The van der Waals surface area contributed by atoms with E-state index in [1.165, 1.54) is 12.1 Å². The van der Waals surface area contributed by atoms with E-state index in [-0.39, 0.29) is 39.5 Å².